The van der Waals surface area contributed by atoms with Gasteiger partial charge in [0.05, 0.1) is 4.92 Å². The molecule has 0 atom stereocenters. The Kier molecular flexibility index (Phi) is 2.32. The lowest BCUT2D eigenvalue weighted by atomic mass is 10.4. The summed E-state index contributed by atoms with van der Waals surface area (Å²) in [6, 6.07) is 1.01. The number of pyridine rings is 1. The highest BCUT2D eigenvalue weighted by Crippen LogP contribution is 2.15. The Hall–Kier alpha value is -0.790. The Morgan fingerprint density at radius 2 is 2.36 bits per heavy atom. The second-order valence-electron chi connectivity index (χ2n) is 1.72. The third kappa shape index (κ3) is 1.82. The molecule has 0 N–H and O–H groups in total. The van der Waals surface area contributed by atoms with Gasteiger partial charge in [-0.2, -0.15) is 4.39 Å². The zero-order chi connectivity index (χ0) is 8.43. The first kappa shape index (κ1) is 8.31. The number of hydrogen-bond donors (Lipinski definition) is 0. The summed E-state index contributed by atoms with van der Waals surface area (Å²) in [6.45, 7) is 0. The summed E-state index contributed by atoms with van der Waals surface area (Å²) in [5, 5.41) is 10.1. The van der Waals surface area contributed by atoms with E-state index >= 15 is 0 Å². The maximum absolute atomic E-state index is 12.6. The minimum Gasteiger partial charge on any atom is -0.258 e. The van der Waals surface area contributed by atoms with Crippen LogP contribution in [0.3, 0.4) is 0 Å². The van der Waals surface area contributed by atoms with E-state index < -0.39 is 16.4 Å². The Balaban J connectivity index is 3.20. The molecule has 1 aromatic rings. The molecule has 0 aromatic carbocycles. The van der Waals surface area contributed by atoms with Gasteiger partial charge in [-0.1, -0.05) is 0 Å². The van der Waals surface area contributed by atoms with E-state index in [1.165, 1.54) is 0 Å². The second-order valence-corrected chi connectivity index (χ2v) is 2.82. The molecule has 58 valence electrons. The van der Waals surface area contributed by atoms with Crippen molar-refractivity contribution >= 4 is 28.3 Å². The van der Waals surface area contributed by atoms with Gasteiger partial charge in [-0.05, 0) is 22.6 Å². The molecule has 0 spiro atoms. The van der Waals surface area contributed by atoms with Gasteiger partial charge in [-0.3, -0.25) is 10.1 Å². The molecular formula is C5H2FIN2O2. The van der Waals surface area contributed by atoms with Crippen LogP contribution >= 0.6 is 22.6 Å². The van der Waals surface area contributed by atoms with Gasteiger partial charge in [0.25, 0.3) is 0 Å². The zero-order valence-corrected chi connectivity index (χ0v) is 7.28. The van der Waals surface area contributed by atoms with Crippen molar-refractivity contribution in [1.29, 1.82) is 0 Å². The van der Waals surface area contributed by atoms with Crippen molar-refractivity contribution in [2.45, 2.75) is 0 Å². The first-order valence-electron chi connectivity index (χ1n) is 2.56. The van der Waals surface area contributed by atoms with E-state index in [0.29, 0.717) is 3.70 Å². The fraction of sp³-hybridized carbons (Fsp3) is 0. The first-order chi connectivity index (χ1) is 5.11. The summed E-state index contributed by atoms with van der Waals surface area (Å²) in [5.41, 5.74) is -0.592. The van der Waals surface area contributed by atoms with Gasteiger partial charge >= 0.3 is 5.69 Å². The highest BCUT2D eigenvalue weighted by Gasteiger charge is 2.13. The topological polar surface area (TPSA) is 56.0 Å². The van der Waals surface area contributed by atoms with E-state index in [1.54, 1.807) is 22.6 Å². The molecule has 6 heteroatoms. The van der Waals surface area contributed by atoms with E-state index in [1.807, 2.05) is 0 Å². The fourth-order valence-electron chi connectivity index (χ4n) is 0.535. The van der Waals surface area contributed by atoms with Crippen LogP contribution < -0.4 is 0 Å². The van der Waals surface area contributed by atoms with Crippen LogP contribution in [0, 0.1) is 19.6 Å². The van der Waals surface area contributed by atoms with Gasteiger partial charge < -0.3 is 0 Å². The summed E-state index contributed by atoms with van der Waals surface area (Å²) < 4.78 is 13.0. The van der Waals surface area contributed by atoms with Gasteiger partial charge in [0.2, 0.25) is 5.82 Å². The van der Waals surface area contributed by atoms with Crippen LogP contribution in [0.2, 0.25) is 0 Å². The molecule has 0 unspecified atom stereocenters. The number of rotatable bonds is 1. The Bertz CT molecular complexity index is 305. The molecule has 0 saturated carbocycles. The van der Waals surface area contributed by atoms with Crippen LogP contribution in [0.25, 0.3) is 0 Å². The minimum absolute atomic E-state index is 0.394. The molecule has 1 rings (SSSR count). The summed E-state index contributed by atoms with van der Waals surface area (Å²) >= 11 is 1.77. The van der Waals surface area contributed by atoms with Gasteiger partial charge in [-0.25, -0.2) is 4.98 Å². The lowest BCUT2D eigenvalue weighted by Crippen LogP contribution is -1.94. The van der Waals surface area contributed by atoms with Crippen molar-refractivity contribution in [2.24, 2.45) is 0 Å². The third-order valence-corrected chi connectivity index (χ3v) is 1.59. The molecule has 0 bridgehead atoms. The molecule has 0 radical (unpaired) electrons. The second kappa shape index (κ2) is 3.07. The lowest BCUT2D eigenvalue weighted by molar-refractivity contribution is -0.387. The number of nitro groups is 1. The lowest BCUT2D eigenvalue weighted by Gasteiger charge is -1.92. The van der Waals surface area contributed by atoms with Gasteiger partial charge in [0.1, 0.15) is 9.90 Å². The van der Waals surface area contributed by atoms with Gasteiger partial charge in [0, 0.05) is 6.07 Å². The van der Waals surface area contributed by atoms with Crippen LogP contribution in [0.15, 0.2) is 12.3 Å². The molecule has 0 aliphatic carbocycles. The Morgan fingerprint density at radius 3 is 2.82 bits per heavy atom. The number of halogens is 2. The predicted octanol–water partition coefficient (Wildman–Crippen LogP) is 1.73. The molecule has 0 amide bonds. The molecule has 0 aliphatic rings. The average molecular weight is 268 g/mol. The van der Waals surface area contributed by atoms with Crippen molar-refractivity contribution in [3.8, 4) is 0 Å². The normalized spacial score (nSPS) is 9.64. The van der Waals surface area contributed by atoms with Crippen LogP contribution in [0.5, 0.6) is 0 Å². The van der Waals surface area contributed by atoms with E-state index in [0.717, 1.165) is 12.3 Å². The van der Waals surface area contributed by atoms with Crippen LogP contribution in [0.4, 0.5) is 10.1 Å². The van der Waals surface area contributed by atoms with Crippen molar-refractivity contribution < 1.29 is 9.31 Å². The average Bonchev–Trinajstić information content (AvgIpc) is 1.85. The van der Waals surface area contributed by atoms with Crippen molar-refractivity contribution in [2.75, 3.05) is 0 Å². The summed E-state index contributed by atoms with van der Waals surface area (Å²) in [5.74, 6) is -0.852. The Labute approximate surface area is 74.7 Å². The van der Waals surface area contributed by atoms with E-state index in [2.05, 4.69) is 4.98 Å². The summed E-state index contributed by atoms with van der Waals surface area (Å²) in [4.78, 5) is 12.8. The van der Waals surface area contributed by atoms with Crippen LogP contribution in [-0.2, 0) is 0 Å². The van der Waals surface area contributed by atoms with E-state index in [9.17, 15) is 14.5 Å². The van der Waals surface area contributed by atoms with Gasteiger partial charge in [0.15, 0.2) is 0 Å². The minimum atomic E-state index is -0.852. The van der Waals surface area contributed by atoms with Crippen molar-refractivity contribution in [3.63, 3.8) is 0 Å². The highest BCUT2D eigenvalue weighted by molar-refractivity contribution is 14.1. The zero-order valence-electron chi connectivity index (χ0n) is 5.12. The van der Waals surface area contributed by atoms with E-state index in [4.69, 9.17) is 0 Å². The third-order valence-electron chi connectivity index (χ3n) is 0.997. The van der Waals surface area contributed by atoms with Crippen molar-refractivity contribution in [1.82, 2.24) is 4.98 Å². The number of nitrogens with zero attached hydrogens (tertiary/aromatic N) is 2. The molecular weight excluding hydrogens is 266 g/mol. The predicted molar refractivity (Wildman–Crippen MR) is 43.6 cm³/mol. The number of hydrogen-bond acceptors (Lipinski definition) is 3. The van der Waals surface area contributed by atoms with Crippen LogP contribution in [-0.4, -0.2) is 9.91 Å². The standard InChI is InChI=1S/C5H2FIN2O2/c6-3-1-5(7)8-2-4(3)9(10)11/h1-2H. The first-order valence-corrected chi connectivity index (χ1v) is 3.64. The van der Waals surface area contributed by atoms with Crippen molar-refractivity contribution in [3.05, 3.63) is 31.9 Å². The molecule has 0 fully saturated rings. The molecule has 11 heavy (non-hydrogen) atoms. The van der Waals surface area contributed by atoms with Gasteiger partial charge in [-0.15, -0.1) is 0 Å². The largest absolute Gasteiger partial charge is 0.322 e. The van der Waals surface area contributed by atoms with Crippen LogP contribution in [0.1, 0.15) is 0 Å². The SMILES string of the molecule is O=[N+]([O-])c1cnc(I)cc1F. The quantitative estimate of drug-likeness (QED) is 0.337. The highest BCUT2D eigenvalue weighted by atomic mass is 127. The molecule has 0 aliphatic heterocycles. The molecule has 0 saturated heterocycles. The maximum atomic E-state index is 12.6. The molecule has 1 aromatic heterocycles. The summed E-state index contributed by atoms with van der Waals surface area (Å²) in [7, 11) is 0. The summed E-state index contributed by atoms with van der Waals surface area (Å²) in [6.07, 6.45) is 0.900. The maximum Gasteiger partial charge on any atom is 0.322 e. The fourth-order valence-corrected chi connectivity index (χ4v) is 0.947. The Morgan fingerprint density at radius 1 is 1.73 bits per heavy atom. The molecule has 4 nitrogen and oxygen atoms in total. The van der Waals surface area contributed by atoms with E-state index in [-0.39, 0.29) is 0 Å². The number of aromatic nitrogens is 1. The smallest absolute Gasteiger partial charge is 0.258 e. The monoisotopic (exact) mass is 268 g/mol. The molecule has 1 heterocycles.